The lowest BCUT2D eigenvalue weighted by molar-refractivity contribution is -0.00666. The molecule has 0 aliphatic carbocycles. The number of rotatable bonds is 0. The van der Waals surface area contributed by atoms with Gasteiger partial charge in [0.15, 0.2) is 0 Å². The maximum absolute atomic E-state index is 5.96. The van der Waals surface area contributed by atoms with Gasteiger partial charge in [-0.05, 0) is 31.4 Å². The van der Waals surface area contributed by atoms with Crippen LogP contribution in [0.4, 0.5) is 5.69 Å². The van der Waals surface area contributed by atoms with Gasteiger partial charge in [0.1, 0.15) is 0 Å². The summed E-state index contributed by atoms with van der Waals surface area (Å²) in [5, 5.41) is 0. The van der Waals surface area contributed by atoms with E-state index in [0.717, 1.165) is 18.5 Å². The largest absolute Gasteiger partial charge is 0.398 e. The van der Waals surface area contributed by atoms with Crippen LogP contribution in [0, 0.1) is 0 Å². The zero-order chi connectivity index (χ0) is 9.05. The Bertz CT molecular complexity index is 374. The van der Waals surface area contributed by atoms with Crippen LogP contribution in [-0.2, 0) is 10.3 Å². The smallest absolute Gasteiger partial charge is 0.0936 e. The van der Waals surface area contributed by atoms with Gasteiger partial charge >= 0.3 is 0 Å². The average molecular weight is 175 g/mol. The molecule has 1 aromatic carbocycles. The third-order valence-corrected chi connectivity index (χ3v) is 3.29. The van der Waals surface area contributed by atoms with Crippen molar-refractivity contribution in [3.63, 3.8) is 0 Å². The minimum absolute atomic E-state index is 0.0919. The van der Waals surface area contributed by atoms with E-state index in [-0.39, 0.29) is 5.60 Å². The van der Waals surface area contributed by atoms with Crippen LogP contribution in [0.2, 0.25) is 0 Å². The van der Waals surface area contributed by atoms with Crippen LogP contribution in [0.3, 0.4) is 0 Å². The fourth-order valence-electron chi connectivity index (χ4n) is 2.71. The van der Waals surface area contributed by atoms with Crippen molar-refractivity contribution in [3.8, 4) is 0 Å². The monoisotopic (exact) mass is 175 g/mol. The molecule has 2 heterocycles. The number of nitrogen functional groups attached to an aromatic ring is 1. The molecule has 1 fully saturated rings. The van der Waals surface area contributed by atoms with Crippen molar-refractivity contribution in [1.82, 2.24) is 0 Å². The molecule has 2 aliphatic heterocycles. The second-order valence-electron chi connectivity index (χ2n) is 4.19. The Balaban J connectivity index is 2.30. The molecule has 3 rings (SSSR count). The first kappa shape index (κ1) is 7.39. The minimum atomic E-state index is -0.0919. The van der Waals surface area contributed by atoms with E-state index in [2.05, 4.69) is 13.0 Å². The maximum atomic E-state index is 5.96. The highest BCUT2D eigenvalue weighted by Crippen LogP contribution is 2.56. The third-order valence-electron chi connectivity index (χ3n) is 3.29. The molecule has 0 amide bonds. The number of benzene rings is 1. The van der Waals surface area contributed by atoms with Gasteiger partial charge in [-0.15, -0.1) is 0 Å². The summed E-state index contributed by atoms with van der Waals surface area (Å²) in [5.74, 6) is 0. The first-order chi connectivity index (χ1) is 6.21. The molecule has 0 aromatic heterocycles. The standard InChI is InChI=1S/C11H13NO/c1-11-6-5-9(13-11)7-3-2-4-8(12)10(7)11/h2-4,9H,5-6,12H2,1H3. The second-order valence-corrected chi connectivity index (χ2v) is 4.19. The number of hydrogen-bond donors (Lipinski definition) is 1. The van der Waals surface area contributed by atoms with Crippen LogP contribution >= 0.6 is 0 Å². The molecule has 2 unspecified atom stereocenters. The Kier molecular flexibility index (Phi) is 1.18. The fourth-order valence-corrected chi connectivity index (χ4v) is 2.71. The van der Waals surface area contributed by atoms with E-state index in [0.29, 0.717) is 6.10 Å². The fraction of sp³-hybridized carbons (Fsp3) is 0.455. The van der Waals surface area contributed by atoms with E-state index in [1.165, 1.54) is 11.1 Å². The van der Waals surface area contributed by atoms with Crippen molar-refractivity contribution < 1.29 is 4.74 Å². The number of anilines is 1. The zero-order valence-corrected chi connectivity index (χ0v) is 7.71. The molecule has 2 atom stereocenters. The van der Waals surface area contributed by atoms with Gasteiger partial charge in [0.25, 0.3) is 0 Å². The Labute approximate surface area is 77.7 Å². The quantitative estimate of drug-likeness (QED) is 0.614. The summed E-state index contributed by atoms with van der Waals surface area (Å²) in [7, 11) is 0. The van der Waals surface area contributed by atoms with E-state index in [1.54, 1.807) is 0 Å². The average Bonchev–Trinajstić information content (AvgIpc) is 2.59. The van der Waals surface area contributed by atoms with Crippen molar-refractivity contribution in [2.24, 2.45) is 0 Å². The van der Waals surface area contributed by atoms with Crippen molar-refractivity contribution in [1.29, 1.82) is 0 Å². The van der Waals surface area contributed by atoms with E-state index in [4.69, 9.17) is 10.5 Å². The molecule has 0 saturated carbocycles. The van der Waals surface area contributed by atoms with Crippen LogP contribution in [0.1, 0.15) is 37.0 Å². The number of nitrogens with two attached hydrogens (primary N) is 1. The molecule has 1 aromatic rings. The highest BCUT2D eigenvalue weighted by atomic mass is 16.5. The van der Waals surface area contributed by atoms with Gasteiger partial charge in [0.2, 0.25) is 0 Å². The van der Waals surface area contributed by atoms with E-state index < -0.39 is 0 Å². The maximum Gasteiger partial charge on any atom is 0.0936 e. The molecule has 2 heteroatoms. The summed E-state index contributed by atoms with van der Waals surface area (Å²) in [6, 6.07) is 6.12. The summed E-state index contributed by atoms with van der Waals surface area (Å²) in [6.45, 7) is 2.15. The Hall–Kier alpha value is -1.02. The highest BCUT2D eigenvalue weighted by molar-refractivity contribution is 5.57. The Morgan fingerprint density at radius 1 is 1.54 bits per heavy atom. The summed E-state index contributed by atoms with van der Waals surface area (Å²) in [4.78, 5) is 0. The van der Waals surface area contributed by atoms with Crippen LogP contribution in [0.15, 0.2) is 18.2 Å². The first-order valence-corrected chi connectivity index (χ1v) is 4.77. The van der Waals surface area contributed by atoms with Gasteiger partial charge in [-0.2, -0.15) is 0 Å². The van der Waals surface area contributed by atoms with Gasteiger partial charge in [-0.1, -0.05) is 12.1 Å². The van der Waals surface area contributed by atoms with Gasteiger partial charge < -0.3 is 10.5 Å². The zero-order valence-electron chi connectivity index (χ0n) is 7.71. The van der Waals surface area contributed by atoms with Gasteiger partial charge in [0, 0.05) is 11.3 Å². The number of ether oxygens (including phenoxy) is 1. The summed E-state index contributed by atoms with van der Waals surface area (Å²) in [6.07, 6.45) is 2.56. The topological polar surface area (TPSA) is 35.2 Å². The molecule has 0 spiro atoms. The predicted molar refractivity (Wildman–Crippen MR) is 51.3 cm³/mol. The van der Waals surface area contributed by atoms with Crippen molar-refractivity contribution in [2.75, 3.05) is 5.73 Å². The van der Waals surface area contributed by atoms with Gasteiger partial charge in [-0.25, -0.2) is 0 Å². The Morgan fingerprint density at radius 2 is 2.38 bits per heavy atom. The van der Waals surface area contributed by atoms with Gasteiger partial charge in [0.05, 0.1) is 11.7 Å². The molecule has 0 radical (unpaired) electrons. The van der Waals surface area contributed by atoms with Crippen molar-refractivity contribution in [2.45, 2.75) is 31.5 Å². The normalized spacial score (nSPS) is 35.0. The summed E-state index contributed by atoms with van der Waals surface area (Å²) in [5.41, 5.74) is 9.32. The highest BCUT2D eigenvalue weighted by Gasteiger charge is 2.48. The third kappa shape index (κ3) is 0.767. The van der Waals surface area contributed by atoms with E-state index >= 15 is 0 Å². The predicted octanol–water partition coefficient (Wildman–Crippen LogP) is 2.35. The summed E-state index contributed by atoms with van der Waals surface area (Å²) >= 11 is 0. The first-order valence-electron chi connectivity index (χ1n) is 4.77. The number of hydrogen-bond acceptors (Lipinski definition) is 2. The molecule has 2 nitrogen and oxygen atoms in total. The van der Waals surface area contributed by atoms with Crippen molar-refractivity contribution in [3.05, 3.63) is 29.3 Å². The van der Waals surface area contributed by atoms with E-state index in [9.17, 15) is 0 Å². The van der Waals surface area contributed by atoms with Crippen LogP contribution < -0.4 is 5.73 Å². The molecule has 68 valence electrons. The molecule has 1 saturated heterocycles. The second kappa shape index (κ2) is 2.07. The Morgan fingerprint density at radius 3 is 3.15 bits per heavy atom. The summed E-state index contributed by atoms with van der Waals surface area (Å²) < 4.78 is 5.93. The molecule has 2 aliphatic rings. The van der Waals surface area contributed by atoms with Gasteiger partial charge in [-0.3, -0.25) is 0 Å². The number of fused-ring (bicyclic) bond motifs is 5. The molecule has 2 N–H and O–H groups in total. The van der Waals surface area contributed by atoms with Crippen LogP contribution in [0.5, 0.6) is 0 Å². The van der Waals surface area contributed by atoms with Crippen LogP contribution in [-0.4, -0.2) is 0 Å². The lowest BCUT2D eigenvalue weighted by Crippen LogP contribution is -2.19. The van der Waals surface area contributed by atoms with E-state index in [1.807, 2.05) is 12.1 Å². The molecule has 13 heavy (non-hydrogen) atoms. The molecule has 2 bridgehead atoms. The molecular formula is C11H13NO. The minimum Gasteiger partial charge on any atom is -0.398 e. The lowest BCUT2D eigenvalue weighted by Gasteiger charge is -2.22. The SMILES string of the molecule is CC12CCC(O1)c1cccc(N)c12. The molecular weight excluding hydrogens is 162 g/mol. The van der Waals surface area contributed by atoms with Crippen LogP contribution in [0.25, 0.3) is 0 Å². The van der Waals surface area contributed by atoms with Crippen molar-refractivity contribution >= 4 is 5.69 Å². The lowest BCUT2D eigenvalue weighted by atomic mass is 9.82.